The van der Waals surface area contributed by atoms with E-state index in [0.29, 0.717) is 11.7 Å². The molecule has 0 saturated carbocycles. The molecule has 1 unspecified atom stereocenters. The standard InChI is InChI=1S/C17H18N6O/c1-12-19-7-4-15(20-12)11-23-8-5-14(10-23)17-21-16(22-24-17)13-3-2-6-18-9-13/h2-4,6-7,9,14H,5,8,10-11H2,1H3. The molecule has 0 spiro atoms. The average Bonchev–Trinajstić information content (AvgIpc) is 3.25. The van der Waals surface area contributed by atoms with Gasteiger partial charge < -0.3 is 4.52 Å². The lowest BCUT2D eigenvalue weighted by Crippen LogP contribution is -2.20. The number of pyridine rings is 1. The van der Waals surface area contributed by atoms with Crippen LogP contribution in [0.15, 0.2) is 41.3 Å². The third-order valence-electron chi connectivity index (χ3n) is 4.20. The third kappa shape index (κ3) is 3.16. The van der Waals surface area contributed by atoms with E-state index in [9.17, 15) is 0 Å². The first-order valence-electron chi connectivity index (χ1n) is 8.03. The van der Waals surface area contributed by atoms with Gasteiger partial charge in [0.25, 0.3) is 0 Å². The smallest absolute Gasteiger partial charge is 0.231 e. The first-order chi connectivity index (χ1) is 11.8. The fourth-order valence-corrected chi connectivity index (χ4v) is 3.01. The van der Waals surface area contributed by atoms with Gasteiger partial charge in [-0.25, -0.2) is 9.97 Å². The molecule has 4 heterocycles. The highest BCUT2D eigenvalue weighted by atomic mass is 16.5. The maximum Gasteiger partial charge on any atom is 0.231 e. The van der Waals surface area contributed by atoms with Crippen molar-refractivity contribution in [2.75, 3.05) is 13.1 Å². The first kappa shape index (κ1) is 14.9. The summed E-state index contributed by atoms with van der Waals surface area (Å²) in [5, 5.41) is 4.09. The van der Waals surface area contributed by atoms with E-state index < -0.39 is 0 Å². The zero-order valence-electron chi connectivity index (χ0n) is 13.5. The van der Waals surface area contributed by atoms with E-state index in [2.05, 4.69) is 30.0 Å². The van der Waals surface area contributed by atoms with Crippen molar-refractivity contribution < 1.29 is 4.52 Å². The lowest BCUT2D eigenvalue weighted by molar-refractivity contribution is 0.306. The van der Waals surface area contributed by atoms with Crippen LogP contribution in [-0.4, -0.2) is 43.1 Å². The van der Waals surface area contributed by atoms with Gasteiger partial charge >= 0.3 is 0 Å². The minimum absolute atomic E-state index is 0.269. The van der Waals surface area contributed by atoms with Crippen LogP contribution < -0.4 is 0 Å². The van der Waals surface area contributed by atoms with Crippen molar-refractivity contribution in [3.63, 3.8) is 0 Å². The van der Waals surface area contributed by atoms with Crippen LogP contribution in [0.1, 0.15) is 29.7 Å². The molecule has 3 aromatic rings. The summed E-state index contributed by atoms with van der Waals surface area (Å²) in [6.07, 6.45) is 6.29. The number of hydrogen-bond donors (Lipinski definition) is 0. The van der Waals surface area contributed by atoms with Crippen molar-refractivity contribution in [3.05, 3.63) is 54.2 Å². The minimum atomic E-state index is 0.269. The molecule has 7 nitrogen and oxygen atoms in total. The summed E-state index contributed by atoms with van der Waals surface area (Å²) >= 11 is 0. The SMILES string of the molecule is Cc1nccc(CN2CCC(c3nc(-c4cccnc4)no3)C2)n1. The summed E-state index contributed by atoms with van der Waals surface area (Å²) in [7, 11) is 0. The number of likely N-dealkylation sites (tertiary alicyclic amines) is 1. The molecular weight excluding hydrogens is 304 g/mol. The Balaban J connectivity index is 1.43. The van der Waals surface area contributed by atoms with Gasteiger partial charge in [0, 0.05) is 37.2 Å². The van der Waals surface area contributed by atoms with E-state index in [4.69, 9.17) is 4.52 Å². The Morgan fingerprint density at radius 3 is 3.04 bits per heavy atom. The first-order valence-corrected chi connectivity index (χ1v) is 8.03. The van der Waals surface area contributed by atoms with Gasteiger partial charge in [-0.2, -0.15) is 4.98 Å². The fourth-order valence-electron chi connectivity index (χ4n) is 3.01. The summed E-state index contributed by atoms with van der Waals surface area (Å²) in [5.74, 6) is 2.38. The Labute approximate surface area is 139 Å². The van der Waals surface area contributed by atoms with E-state index in [0.717, 1.165) is 43.1 Å². The number of aryl methyl sites for hydroxylation is 1. The van der Waals surface area contributed by atoms with Crippen LogP contribution in [0, 0.1) is 6.92 Å². The zero-order valence-corrected chi connectivity index (χ0v) is 13.5. The normalized spacial score (nSPS) is 18.1. The predicted molar refractivity (Wildman–Crippen MR) is 86.9 cm³/mol. The van der Waals surface area contributed by atoms with E-state index in [-0.39, 0.29) is 5.92 Å². The summed E-state index contributed by atoms with van der Waals surface area (Å²) in [6, 6.07) is 5.76. The molecule has 1 fully saturated rings. The third-order valence-corrected chi connectivity index (χ3v) is 4.20. The Kier molecular flexibility index (Phi) is 4.00. The van der Waals surface area contributed by atoms with E-state index in [1.807, 2.05) is 31.3 Å². The Morgan fingerprint density at radius 1 is 1.25 bits per heavy atom. The molecule has 1 aliphatic rings. The highest BCUT2D eigenvalue weighted by Crippen LogP contribution is 2.28. The molecule has 0 amide bonds. The van der Waals surface area contributed by atoms with Gasteiger partial charge in [-0.05, 0) is 38.1 Å². The number of nitrogens with zero attached hydrogens (tertiary/aromatic N) is 6. The molecule has 0 bridgehead atoms. The lowest BCUT2D eigenvalue weighted by atomic mass is 10.1. The molecule has 3 aromatic heterocycles. The van der Waals surface area contributed by atoms with E-state index >= 15 is 0 Å². The van der Waals surface area contributed by atoms with Crippen LogP contribution >= 0.6 is 0 Å². The molecule has 0 aromatic carbocycles. The zero-order chi connectivity index (χ0) is 16.4. The van der Waals surface area contributed by atoms with Crippen LogP contribution in [0.25, 0.3) is 11.4 Å². The van der Waals surface area contributed by atoms with Crippen molar-refractivity contribution in [1.82, 2.24) is 30.0 Å². The second-order valence-corrected chi connectivity index (χ2v) is 6.01. The van der Waals surface area contributed by atoms with Gasteiger partial charge in [0.05, 0.1) is 11.6 Å². The van der Waals surface area contributed by atoms with Gasteiger partial charge in [0.2, 0.25) is 11.7 Å². The van der Waals surface area contributed by atoms with Crippen LogP contribution in [0.2, 0.25) is 0 Å². The van der Waals surface area contributed by atoms with Crippen molar-refractivity contribution in [3.8, 4) is 11.4 Å². The number of rotatable bonds is 4. The van der Waals surface area contributed by atoms with Gasteiger partial charge in [0.15, 0.2) is 0 Å². The molecular formula is C17H18N6O. The molecule has 0 radical (unpaired) electrons. The quantitative estimate of drug-likeness (QED) is 0.728. The molecule has 1 saturated heterocycles. The van der Waals surface area contributed by atoms with Crippen molar-refractivity contribution in [2.24, 2.45) is 0 Å². The Bertz CT molecular complexity index is 819. The number of hydrogen-bond acceptors (Lipinski definition) is 7. The Morgan fingerprint density at radius 2 is 2.21 bits per heavy atom. The highest BCUT2D eigenvalue weighted by Gasteiger charge is 2.28. The largest absolute Gasteiger partial charge is 0.339 e. The van der Waals surface area contributed by atoms with Crippen LogP contribution in [-0.2, 0) is 6.54 Å². The monoisotopic (exact) mass is 322 g/mol. The van der Waals surface area contributed by atoms with Crippen LogP contribution in [0.4, 0.5) is 0 Å². The number of aromatic nitrogens is 5. The van der Waals surface area contributed by atoms with Gasteiger partial charge in [-0.3, -0.25) is 9.88 Å². The maximum absolute atomic E-state index is 5.48. The van der Waals surface area contributed by atoms with E-state index in [1.165, 1.54) is 0 Å². The van der Waals surface area contributed by atoms with Gasteiger partial charge in [-0.15, -0.1) is 0 Å². The molecule has 24 heavy (non-hydrogen) atoms. The van der Waals surface area contributed by atoms with Crippen LogP contribution in [0.5, 0.6) is 0 Å². The molecule has 0 aliphatic carbocycles. The predicted octanol–water partition coefficient (Wildman–Crippen LogP) is 2.22. The van der Waals surface area contributed by atoms with Gasteiger partial charge in [0.1, 0.15) is 5.82 Å². The maximum atomic E-state index is 5.48. The van der Waals surface area contributed by atoms with Crippen molar-refractivity contribution in [2.45, 2.75) is 25.8 Å². The average molecular weight is 322 g/mol. The minimum Gasteiger partial charge on any atom is -0.339 e. The topological polar surface area (TPSA) is 80.8 Å². The molecule has 4 rings (SSSR count). The summed E-state index contributed by atoms with van der Waals surface area (Å²) in [6.45, 7) is 4.63. The summed E-state index contributed by atoms with van der Waals surface area (Å²) in [4.78, 5) is 19.6. The van der Waals surface area contributed by atoms with E-state index in [1.54, 1.807) is 12.4 Å². The lowest BCUT2D eigenvalue weighted by Gasteiger charge is -2.14. The molecule has 122 valence electrons. The fraction of sp³-hybridized carbons (Fsp3) is 0.353. The molecule has 1 atom stereocenters. The summed E-state index contributed by atoms with van der Waals surface area (Å²) in [5.41, 5.74) is 1.92. The molecule has 1 aliphatic heterocycles. The second-order valence-electron chi connectivity index (χ2n) is 6.01. The molecule has 7 heteroatoms. The van der Waals surface area contributed by atoms with Gasteiger partial charge in [-0.1, -0.05) is 5.16 Å². The van der Waals surface area contributed by atoms with Crippen molar-refractivity contribution >= 4 is 0 Å². The summed E-state index contributed by atoms with van der Waals surface area (Å²) < 4.78 is 5.48. The molecule has 0 N–H and O–H groups in total. The Hall–Kier alpha value is -2.67. The van der Waals surface area contributed by atoms with Crippen LogP contribution in [0.3, 0.4) is 0 Å². The van der Waals surface area contributed by atoms with Crippen molar-refractivity contribution in [1.29, 1.82) is 0 Å². The highest BCUT2D eigenvalue weighted by molar-refractivity contribution is 5.51. The second kappa shape index (κ2) is 6.45.